The summed E-state index contributed by atoms with van der Waals surface area (Å²) in [5, 5.41) is 2.64. The fraction of sp³-hybridized carbons (Fsp3) is 0.357. The van der Waals surface area contributed by atoms with E-state index >= 15 is 0 Å². The zero-order chi connectivity index (χ0) is 15.6. The van der Waals surface area contributed by atoms with Gasteiger partial charge in [-0.15, -0.1) is 0 Å². The number of rotatable bonds is 4. The van der Waals surface area contributed by atoms with Crippen molar-refractivity contribution < 1.29 is 19.1 Å². The predicted octanol–water partition coefficient (Wildman–Crippen LogP) is 0.492. The monoisotopic (exact) mass is 291 g/mol. The lowest BCUT2D eigenvalue weighted by molar-refractivity contribution is -0.123. The van der Waals surface area contributed by atoms with E-state index in [4.69, 9.17) is 10.5 Å². The zero-order valence-corrected chi connectivity index (χ0v) is 11.9. The van der Waals surface area contributed by atoms with Gasteiger partial charge in [0.1, 0.15) is 5.75 Å². The molecule has 1 aliphatic heterocycles. The molecule has 7 nitrogen and oxygen atoms in total. The third kappa shape index (κ3) is 3.13. The molecule has 1 atom stereocenters. The Bertz CT molecular complexity index is 600. The molecule has 1 aromatic rings. The van der Waals surface area contributed by atoms with Crippen molar-refractivity contribution in [2.45, 2.75) is 13.3 Å². The van der Waals surface area contributed by atoms with Crippen molar-refractivity contribution in [1.82, 2.24) is 0 Å². The molecular weight excluding hydrogens is 274 g/mol. The number of methoxy groups -OCH3 is 1. The highest BCUT2D eigenvalue weighted by atomic mass is 16.5. The van der Waals surface area contributed by atoms with Crippen LogP contribution < -0.4 is 20.7 Å². The first-order valence-electron chi connectivity index (χ1n) is 6.47. The lowest BCUT2D eigenvalue weighted by atomic mass is 10.1. The van der Waals surface area contributed by atoms with E-state index in [0.29, 0.717) is 17.1 Å². The van der Waals surface area contributed by atoms with E-state index in [-0.39, 0.29) is 24.8 Å². The molecule has 1 aromatic carbocycles. The third-order valence-electron chi connectivity index (χ3n) is 3.32. The van der Waals surface area contributed by atoms with E-state index < -0.39 is 11.8 Å². The molecule has 2 rings (SSSR count). The number of anilines is 2. The molecule has 7 heteroatoms. The van der Waals surface area contributed by atoms with Crippen LogP contribution in [0.15, 0.2) is 18.2 Å². The summed E-state index contributed by atoms with van der Waals surface area (Å²) in [7, 11) is 1.49. The highest BCUT2D eigenvalue weighted by Crippen LogP contribution is 2.35. The minimum Gasteiger partial charge on any atom is -0.495 e. The maximum absolute atomic E-state index is 12.1. The molecule has 112 valence electrons. The Hall–Kier alpha value is -2.57. The van der Waals surface area contributed by atoms with Crippen LogP contribution in [0.25, 0.3) is 0 Å². The second-order valence-corrected chi connectivity index (χ2v) is 4.88. The Morgan fingerprint density at radius 1 is 1.43 bits per heavy atom. The Kier molecular flexibility index (Phi) is 4.11. The van der Waals surface area contributed by atoms with Gasteiger partial charge < -0.3 is 20.7 Å². The average molecular weight is 291 g/mol. The van der Waals surface area contributed by atoms with Gasteiger partial charge in [-0.1, -0.05) is 0 Å². The van der Waals surface area contributed by atoms with E-state index in [0.717, 1.165) is 0 Å². The first-order chi connectivity index (χ1) is 9.92. The van der Waals surface area contributed by atoms with Gasteiger partial charge in [-0.2, -0.15) is 0 Å². The molecule has 1 saturated heterocycles. The van der Waals surface area contributed by atoms with Gasteiger partial charge in [-0.3, -0.25) is 14.4 Å². The van der Waals surface area contributed by atoms with Gasteiger partial charge in [0, 0.05) is 25.6 Å². The number of ether oxygens (including phenoxy) is 1. The second-order valence-electron chi connectivity index (χ2n) is 4.88. The number of primary amides is 1. The minimum absolute atomic E-state index is 0.0862. The highest BCUT2D eigenvalue weighted by molar-refractivity contribution is 6.02. The Labute approximate surface area is 122 Å². The van der Waals surface area contributed by atoms with Crippen LogP contribution in [0.5, 0.6) is 5.75 Å². The predicted molar refractivity (Wildman–Crippen MR) is 77.0 cm³/mol. The van der Waals surface area contributed by atoms with Crippen molar-refractivity contribution in [2.24, 2.45) is 11.7 Å². The summed E-state index contributed by atoms with van der Waals surface area (Å²) in [6.07, 6.45) is 0.0862. The first-order valence-corrected chi connectivity index (χ1v) is 6.47. The smallest absolute Gasteiger partial charge is 0.227 e. The summed E-state index contributed by atoms with van der Waals surface area (Å²) < 4.78 is 5.24. The van der Waals surface area contributed by atoms with Crippen molar-refractivity contribution in [2.75, 3.05) is 23.9 Å². The summed E-state index contributed by atoms with van der Waals surface area (Å²) in [6, 6.07) is 4.98. The van der Waals surface area contributed by atoms with Gasteiger partial charge >= 0.3 is 0 Å². The molecule has 21 heavy (non-hydrogen) atoms. The van der Waals surface area contributed by atoms with Crippen LogP contribution in [0.1, 0.15) is 13.3 Å². The summed E-state index contributed by atoms with van der Waals surface area (Å²) in [5.74, 6) is -0.928. The number of benzene rings is 1. The number of nitrogens with one attached hydrogen (secondary N) is 1. The molecule has 3 amide bonds. The summed E-state index contributed by atoms with van der Waals surface area (Å²) in [5.41, 5.74) is 6.32. The van der Waals surface area contributed by atoms with Gasteiger partial charge in [-0.25, -0.2) is 0 Å². The Morgan fingerprint density at radius 3 is 2.67 bits per heavy atom. The number of amides is 3. The van der Waals surface area contributed by atoms with Crippen molar-refractivity contribution in [3.05, 3.63) is 18.2 Å². The van der Waals surface area contributed by atoms with E-state index in [1.165, 1.54) is 18.9 Å². The molecule has 0 saturated carbocycles. The van der Waals surface area contributed by atoms with E-state index in [2.05, 4.69) is 5.32 Å². The van der Waals surface area contributed by atoms with Gasteiger partial charge in [-0.05, 0) is 18.2 Å². The van der Waals surface area contributed by atoms with E-state index in [9.17, 15) is 14.4 Å². The molecule has 0 aromatic heterocycles. The van der Waals surface area contributed by atoms with Crippen LogP contribution in [-0.2, 0) is 14.4 Å². The van der Waals surface area contributed by atoms with Crippen LogP contribution in [0.3, 0.4) is 0 Å². The largest absolute Gasteiger partial charge is 0.495 e. The maximum atomic E-state index is 12.1. The molecule has 0 spiro atoms. The number of nitrogens with zero attached hydrogens (tertiary/aromatic N) is 1. The summed E-state index contributed by atoms with van der Waals surface area (Å²) in [4.78, 5) is 35.9. The zero-order valence-electron chi connectivity index (χ0n) is 11.9. The quantitative estimate of drug-likeness (QED) is 0.843. The Morgan fingerprint density at radius 2 is 2.14 bits per heavy atom. The van der Waals surface area contributed by atoms with Gasteiger partial charge in [0.25, 0.3) is 0 Å². The van der Waals surface area contributed by atoms with Gasteiger partial charge in [0.2, 0.25) is 17.7 Å². The van der Waals surface area contributed by atoms with Crippen LogP contribution in [0.4, 0.5) is 11.4 Å². The fourth-order valence-corrected chi connectivity index (χ4v) is 2.31. The molecule has 0 aliphatic carbocycles. The maximum Gasteiger partial charge on any atom is 0.227 e. The molecule has 0 bridgehead atoms. The van der Waals surface area contributed by atoms with Crippen LogP contribution in [-0.4, -0.2) is 31.4 Å². The summed E-state index contributed by atoms with van der Waals surface area (Å²) >= 11 is 0. The fourth-order valence-electron chi connectivity index (χ4n) is 2.31. The number of hydrogen-bond donors (Lipinski definition) is 2. The summed E-state index contributed by atoms with van der Waals surface area (Å²) in [6.45, 7) is 1.61. The minimum atomic E-state index is -0.508. The van der Waals surface area contributed by atoms with Crippen molar-refractivity contribution >= 4 is 29.1 Å². The average Bonchev–Trinajstić information content (AvgIpc) is 2.80. The number of carbonyl (C=O) groups is 3. The molecule has 1 aliphatic rings. The van der Waals surface area contributed by atoms with Crippen LogP contribution in [0.2, 0.25) is 0 Å². The molecule has 0 radical (unpaired) electrons. The molecule has 3 N–H and O–H groups in total. The van der Waals surface area contributed by atoms with Crippen LogP contribution >= 0.6 is 0 Å². The number of nitrogens with two attached hydrogens (primary N) is 1. The molecule has 1 fully saturated rings. The first kappa shape index (κ1) is 14.8. The number of hydrogen-bond acceptors (Lipinski definition) is 4. The molecule has 1 heterocycles. The lowest BCUT2D eigenvalue weighted by Crippen LogP contribution is -2.28. The van der Waals surface area contributed by atoms with E-state index in [1.54, 1.807) is 18.2 Å². The van der Waals surface area contributed by atoms with Gasteiger partial charge in [0.15, 0.2) is 0 Å². The SMILES string of the molecule is COc1ccc(NC(C)=O)cc1N1CC(C(N)=O)CC1=O. The highest BCUT2D eigenvalue weighted by Gasteiger charge is 2.35. The van der Waals surface area contributed by atoms with Gasteiger partial charge in [0.05, 0.1) is 18.7 Å². The second kappa shape index (κ2) is 5.82. The van der Waals surface area contributed by atoms with Crippen molar-refractivity contribution in [1.29, 1.82) is 0 Å². The third-order valence-corrected chi connectivity index (χ3v) is 3.32. The molecular formula is C14H17N3O4. The standard InChI is InChI=1S/C14H17N3O4/c1-8(18)16-10-3-4-12(21-2)11(6-10)17-7-9(14(15)20)5-13(17)19/h3-4,6,9H,5,7H2,1-2H3,(H2,15,20)(H,16,18). The van der Waals surface area contributed by atoms with Crippen molar-refractivity contribution in [3.63, 3.8) is 0 Å². The van der Waals surface area contributed by atoms with Crippen molar-refractivity contribution in [3.8, 4) is 5.75 Å². The van der Waals surface area contributed by atoms with Crippen LogP contribution in [0, 0.1) is 5.92 Å². The topological polar surface area (TPSA) is 102 Å². The van der Waals surface area contributed by atoms with E-state index in [1.807, 2.05) is 0 Å². The Balaban J connectivity index is 2.35. The lowest BCUT2D eigenvalue weighted by Gasteiger charge is -2.20. The normalized spacial score (nSPS) is 17.7. The number of carbonyl (C=O) groups excluding carboxylic acids is 3. The molecule has 1 unspecified atom stereocenters.